The Balaban J connectivity index is 1.94. The number of fused-ring (bicyclic) bond motifs is 1. The van der Waals surface area contributed by atoms with Crippen LogP contribution in [0.2, 0.25) is 0 Å². The normalized spacial score (nSPS) is 18.0. The maximum atomic E-state index is 8.91. The molecule has 0 saturated carbocycles. The zero-order valence-electron chi connectivity index (χ0n) is 10.0. The van der Waals surface area contributed by atoms with Crippen molar-refractivity contribution >= 4 is 0 Å². The van der Waals surface area contributed by atoms with Gasteiger partial charge in [-0.25, -0.2) is 0 Å². The van der Waals surface area contributed by atoms with Crippen molar-refractivity contribution < 1.29 is 9.84 Å². The van der Waals surface area contributed by atoms with Crippen molar-refractivity contribution in [2.45, 2.75) is 19.0 Å². The Kier molecular flexibility index (Phi) is 4.36. The maximum absolute atomic E-state index is 8.91. The average Bonchev–Trinajstić information content (AvgIpc) is 2.57. The second-order valence-electron chi connectivity index (χ2n) is 4.46. The highest BCUT2D eigenvalue weighted by Crippen LogP contribution is 2.22. The Labute approximate surface area is 102 Å². The summed E-state index contributed by atoms with van der Waals surface area (Å²) in [6.07, 6.45) is 0.818. The molecule has 3 N–H and O–H groups in total. The van der Waals surface area contributed by atoms with Crippen LogP contribution in [0.4, 0.5) is 0 Å². The van der Waals surface area contributed by atoms with Gasteiger partial charge in [0.2, 0.25) is 0 Å². The van der Waals surface area contributed by atoms with Crippen LogP contribution in [0, 0.1) is 0 Å². The molecule has 1 aromatic rings. The van der Waals surface area contributed by atoms with Gasteiger partial charge in [0.25, 0.3) is 0 Å². The van der Waals surface area contributed by atoms with Gasteiger partial charge in [0, 0.05) is 31.2 Å². The van der Waals surface area contributed by atoms with Crippen molar-refractivity contribution in [1.82, 2.24) is 4.90 Å². The molecule has 17 heavy (non-hydrogen) atoms. The van der Waals surface area contributed by atoms with Crippen LogP contribution in [0.3, 0.4) is 0 Å². The predicted octanol–water partition coefficient (Wildman–Crippen LogP) is 0.591. The Morgan fingerprint density at radius 2 is 2.24 bits per heavy atom. The fraction of sp³-hybridized carbons (Fsp3) is 0.538. The first kappa shape index (κ1) is 12.4. The molecule has 1 atom stereocenters. The molecule has 0 fully saturated rings. The molecule has 1 heterocycles. The molecule has 1 aliphatic rings. The molecular weight excluding hydrogens is 216 g/mol. The first-order valence-electron chi connectivity index (χ1n) is 6.09. The number of ether oxygens (including phenoxy) is 1. The fourth-order valence-corrected chi connectivity index (χ4v) is 2.01. The van der Waals surface area contributed by atoms with E-state index in [-0.39, 0.29) is 12.6 Å². The van der Waals surface area contributed by atoms with Gasteiger partial charge in [0.1, 0.15) is 12.4 Å². The Morgan fingerprint density at radius 1 is 1.41 bits per heavy atom. The number of hydrogen-bond donors (Lipinski definition) is 2. The van der Waals surface area contributed by atoms with Crippen molar-refractivity contribution in [3.8, 4) is 5.75 Å². The second-order valence-corrected chi connectivity index (χ2v) is 4.46. The zero-order valence-corrected chi connectivity index (χ0v) is 10.0. The topological polar surface area (TPSA) is 58.7 Å². The van der Waals surface area contributed by atoms with Gasteiger partial charge in [-0.2, -0.15) is 0 Å². The lowest BCUT2D eigenvalue weighted by atomic mass is 10.1. The molecular formula is C13H20N2O2. The van der Waals surface area contributed by atoms with E-state index in [4.69, 9.17) is 15.6 Å². The minimum absolute atomic E-state index is 0.0565. The van der Waals surface area contributed by atoms with E-state index < -0.39 is 0 Å². The van der Waals surface area contributed by atoms with Crippen LogP contribution in [-0.4, -0.2) is 42.4 Å². The minimum Gasteiger partial charge on any atom is -0.492 e. The lowest BCUT2D eigenvalue weighted by molar-refractivity contribution is 0.202. The molecule has 4 nitrogen and oxygen atoms in total. The number of nitrogens with zero attached hydrogens (tertiary/aromatic N) is 1. The van der Waals surface area contributed by atoms with E-state index in [0.717, 1.165) is 31.8 Å². The van der Waals surface area contributed by atoms with Crippen LogP contribution in [0.25, 0.3) is 0 Å². The van der Waals surface area contributed by atoms with Gasteiger partial charge in [0.05, 0.1) is 6.61 Å². The fourth-order valence-electron chi connectivity index (χ4n) is 2.01. The SMILES string of the molecule is NC(CO)CCN1CCOc2ccccc2C1. The Bertz CT molecular complexity index is 357. The molecule has 2 rings (SSSR count). The molecule has 0 saturated heterocycles. The number of benzene rings is 1. The number of nitrogens with two attached hydrogens (primary N) is 1. The van der Waals surface area contributed by atoms with Gasteiger partial charge in [-0.05, 0) is 12.5 Å². The van der Waals surface area contributed by atoms with E-state index in [9.17, 15) is 0 Å². The first-order chi connectivity index (χ1) is 8.29. The summed E-state index contributed by atoms with van der Waals surface area (Å²) in [4.78, 5) is 2.32. The minimum atomic E-state index is -0.116. The largest absolute Gasteiger partial charge is 0.492 e. The molecule has 1 aliphatic heterocycles. The summed E-state index contributed by atoms with van der Waals surface area (Å²) in [7, 11) is 0. The van der Waals surface area contributed by atoms with Gasteiger partial charge in [0.15, 0.2) is 0 Å². The molecule has 1 unspecified atom stereocenters. The summed E-state index contributed by atoms with van der Waals surface area (Å²) >= 11 is 0. The van der Waals surface area contributed by atoms with Crippen molar-refractivity contribution in [1.29, 1.82) is 0 Å². The van der Waals surface area contributed by atoms with Crippen molar-refractivity contribution in [3.63, 3.8) is 0 Å². The Hall–Kier alpha value is -1.10. The lowest BCUT2D eigenvalue weighted by Gasteiger charge is -2.20. The maximum Gasteiger partial charge on any atom is 0.123 e. The molecule has 0 spiro atoms. The average molecular weight is 236 g/mol. The summed E-state index contributed by atoms with van der Waals surface area (Å²) in [5.41, 5.74) is 6.94. The second kappa shape index (κ2) is 6.00. The number of aliphatic hydroxyl groups excluding tert-OH is 1. The van der Waals surface area contributed by atoms with E-state index in [1.54, 1.807) is 0 Å². The summed E-state index contributed by atoms with van der Waals surface area (Å²) in [5.74, 6) is 0.987. The van der Waals surface area contributed by atoms with E-state index in [0.29, 0.717) is 6.61 Å². The van der Waals surface area contributed by atoms with E-state index in [1.807, 2.05) is 18.2 Å². The standard InChI is InChI=1S/C13H20N2O2/c14-12(10-16)5-6-15-7-8-17-13-4-2-1-3-11(13)9-15/h1-4,12,16H,5-10,14H2. The summed E-state index contributed by atoms with van der Waals surface area (Å²) in [6, 6.07) is 8.02. The van der Waals surface area contributed by atoms with Gasteiger partial charge in [-0.15, -0.1) is 0 Å². The molecule has 0 bridgehead atoms. The van der Waals surface area contributed by atoms with Crippen LogP contribution in [0.1, 0.15) is 12.0 Å². The third-order valence-corrected chi connectivity index (χ3v) is 3.08. The molecule has 94 valence electrons. The monoisotopic (exact) mass is 236 g/mol. The van der Waals surface area contributed by atoms with Crippen molar-refractivity contribution in [2.24, 2.45) is 5.73 Å². The molecule has 0 aromatic heterocycles. The smallest absolute Gasteiger partial charge is 0.123 e. The molecule has 4 heteroatoms. The third kappa shape index (κ3) is 3.43. The highest BCUT2D eigenvalue weighted by molar-refractivity contribution is 5.33. The van der Waals surface area contributed by atoms with Gasteiger partial charge < -0.3 is 15.6 Å². The lowest BCUT2D eigenvalue weighted by Crippen LogP contribution is -2.33. The summed E-state index contributed by atoms with van der Waals surface area (Å²) in [5, 5.41) is 8.91. The van der Waals surface area contributed by atoms with Crippen molar-refractivity contribution in [3.05, 3.63) is 29.8 Å². The third-order valence-electron chi connectivity index (χ3n) is 3.08. The quantitative estimate of drug-likeness (QED) is 0.803. The molecule has 1 aromatic carbocycles. The highest BCUT2D eigenvalue weighted by Gasteiger charge is 2.15. The van der Waals surface area contributed by atoms with Crippen LogP contribution in [-0.2, 0) is 6.54 Å². The number of hydrogen-bond acceptors (Lipinski definition) is 4. The Morgan fingerprint density at radius 3 is 3.06 bits per heavy atom. The van der Waals surface area contributed by atoms with Crippen LogP contribution >= 0.6 is 0 Å². The number of aliphatic hydroxyl groups is 1. The van der Waals surface area contributed by atoms with E-state index in [1.165, 1.54) is 5.56 Å². The van der Waals surface area contributed by atoms with Crippen molar-refractivity contribution in [2.75, 3.05) is 26.3 Å². The van der Waals surface area contributed by atoms with Gasteiger partial charge in [-0.1, -0.05) is 18.2 Å². The van der Waals surface area contributed by atoms with E-state index in [2.05, 4.69) is 11.0 Å². The highest BCUT2D eigenvalue weighted by atomic mass is 16.5. The predicted molar refractivity (Wildman–Crippen MR) is 66.9 cm³/mol. The van der Waals surface area contributed by atoms with Crippen LogP contribution < -0.4 is 10.5 Å². The molecule has 0 radical (unpaired) electrons. The summed E-state index contributed by atoms with van der Waals surface area (Å²) < 4.78 is 5.69. The summed E-state index contributed by atoms with van der Waals surface area (Å²) in [6.45, 7) is 3.48. The van der Waals surface area contributed by atoms with Crippen LogP contribution in [0.15, 0.2) is 24.3 Å². The molecule has 0 aliphatic carbocycles. The van der Waals surface area contributed by atoms with Gasteiger partial charge in [-0.3, -0.25) is 4.90 Å². The number of para-hydroxylation sites is 1. The molecule has 0 amide bonds. The zero-order chi connectivity index (χ0) is 12.1. The van der Waals surface area contributed by atoms with Crippen LogP contribution in [0.5, 0.6) is 5.75 Å². The van der Waals surface area contributed by atoms with E-state index >= 15 is 0 Å². The van der Waals surface area contributed by atoms with Gasteiger partial charge >= 0.3 is 0 Å². The number of rotatable bonds is 4. The first-order valence-corrected chi connectivity index (χ1v) is 6.09.